The molecule has 0 N–H and O–H groups in total. The Bertz CT molecular complexity index is 370. The Labute approximate surface area is 96.3 Å². The Morgan fingerprint density at radius 1 is 0.938 bits per heavy atom. The number of carbonyl (C=O) groups excluding carboxylic acids is 1. The third kappa shape index (κ3) is 1.98. The first-order chi connectivity index (χ1) is 7.67. The average molecular weight is 216 g/mol. The van der Waals surface area contributed by atoms with Crippen molar-refractivity contribution >= 4 is 6.29 Å². The number of nitrogens with zero attached hydrogens (tertiary/aromatic N) is 2. The van der Waals surface area contributed by atoms with Gasteiger partial charge in [-0.25, -0.2) is 0 Å². The molecule has 1 aliphatic rings. The van der Waals surface area contributed by atoms with Crippen molar-refractivity contribution in [1.82, 2.24) is 9.80 Å². The summed E-state index contributed by atoms with van der Waals surface area (Å²) in [5, 5.41) is 0. The molecule has 3 heteroatoms. The second-order valence-electron chi connectivity index (χ2n) is 3.35. The van der Waals surface area contributed by atoms with Gasteiger partial charge in [0, 0.05) is 20.2 Å². The molecule has 1 rings (SSSR count). The molecule has 84 valence electrons. The predicted molar refractivity (Wildman–Crippen MR) is 66.2 cm³/mol. The lowest BCUT2D eigenvalue weighted by Gasteiger charge is -2.15. The summed E-state index contributed by atoms with van der Waals surface area (Å²) in [4.78, 5) is 14.4. The van der Waals surface area contributed by atoms with Crippen molar-refractivity contribution in [1.29, 1.82) is 0 Å². The van der Waals surface area contributed by atoms with Crippen LogP contribution in [0, 0.1) is 0 Å². The molecule has 3 nitrogen and oxygen atoms in total. The van der Waals surface area contributed by atoms with E-state index in [-0.39, 0.29) is 0 Å². The highest BCUT2D eigenvalue weighted by Crippen LogP contribution is 2.32. The fourth-order valence-electron chi connectivity index (χ4n) is 1.72. The minimum Gasteiger partial charge on any atom is -0.329 e. The second kappa shape index (κ2) is 5.16. The lowest BCUT2D eigenvalue weighted by Crippen LogP contribution is -2.15. The zero-order valence-electron chi connectivity index (χ0n) is 9.68. The van der Waals surface area contributed by atoms with E-state index in [9.17, 15) is 4.79 Å². The van der Waals surface area contributed by atoms with Crippen molar-refractivity contribution in [3.63, 3.8) is 0 Å². The van der Waals surface area contributed by atoms with Gasteiger partial charge in [0.25, 0.3) is 0 Å². The molecule has 0 amide bonds. The summed E-state index contributed by atoms with van der Waals surface area (Å²) < 4.78 is 0. The summed E-state index contributed by atoms with van der Waals surface area (Å²) in [7, 11) is 3.82. The van der Waals surface area contributed by atoms with Crippen molar-refractivity contribution in [2.45, 2.75) is 0 Å². The molecule has 1 fully saturated rings. The highest BCUT2D eigenvalue weighted by atomic mass is 16.1. The maximum Gasteiger partial charge on any atom is 0.146 e. The van der Waals surface area contributed by atoms with Gasteiger partial charge < -0.3 is 9.80 Å². The molecule has 1 aliphatic heterocycles. The monoisotopic (exact) mass is 216 g/mol. The van der Waals surface area contributed by atoms with Crippen molar-refractivity contribution < 1.29 is 4.79 Å². The fraction of sp³-hybridized carbons (Fsp3) is 0.154. The first-order valence-electron chi connectivity index (χ1n) is 4.96. The average Bonchev–Trinajstić information content (AvgIpc) is 2.47. The molecule has 0 unspecified atom stereocenters. The molecular weight excluding hydrogens is 200 g/mol. The zero-order chi connectivity index (χ0) is 12.1. The Kier molecular flexibility index (Phi) is 3.89. The highest BCUT2D eigenvalue weighted by Gasteiger charge is 2.27. The Balaban J connectivity index is 3.29. The molecule has 0 aliphatic carbocycles. The third-order valence-electron chi connectivity index (χ3n) is 2.44. The van der Waals surface area contributed by atoms with Crippen LogP contribution in [-0.2, 0) is 4.79 Å². The SMILES string of the molecule is C=C/C=C1\C(=C/C=C)N(C)C(=CC=O)N1C. The lowest BCUT2D eigenvalue weighted by molar-refractivity contribution is -0.104. The van der Waals surface area contributed by atoms with Crippen LogP contribution in [0.15, 0.2) is 60.8 Å². The number of carbonyl (C=O) groups is 1. The number of aldehydes is 1. The van der Waals surface area contributed by atoms with Crippen LogP contribution >= 0.6 is 0 Å². The molecule has 0 aromatic carbocycles. The van der Waals surface area contributed by atoms with E-state index in [1.807, 2.05) is 36.0 Å². The Morgan fingerprint density at radius 3 is 1.69 bits per heavy atom. The highest BCUT2D eigenvalue weighted by molar-refractivity contribution is 5.67. The number of hydrogen-bond acceptors (Lipinski definition) is 3. The smallest absolute Gasteiger partial charge is 0.146 e. The van der Waals surface area contributed by atoms with Crippen LogP contribution in [0.1, 0.15) is 0 Å². The fourth-order valence-corrected chi connectivity index (χ4v) is 1.72. The van der Waals surface area contributed by atoms with Crippen LogP contribution in [-0.4, -0.2) is 30.2 Å². The zero-order valence-corrected chi connectivity index (χ0v) is 9.68. The van der Waals surface area contributed by atoms with Crippen LogP contribution in [0.2, 0.25) is 0 Å². The Hall–Kier alpha value is -2.03. The van der Waals surface area contributed by atoms with E-state index >= 15 is 0 Å². The van der Waals surface area contributed by atoms with Gasteiger partial charge in [0.2, 0.25) is 0 Å². The van der Waals surface area contributed by atoms with E-state index in [0.29, 0.717) is 0 Å². The van der Waals surface area contributed by atoms with E-state index in [2.05, 4.69) is 13.2 Å². The van der Waals surface area contributed by atoms with Gasteiger partial charge in [0.1, 0.15) is 12.1 Å². The summed E-state index contributed by atoms with van der Waals surface area (Å²) in [5.74, 6) is 0.830. The normalized spacial score (nSPS) is 20.5. The summed E-state index contributed by atoms with van der Waals surface area (Å²) in [5.41, 5.74) is 1.98. The van der Waals surface area contributed by atoms with Crippen LogP contribution in [0.25, 0.3) is 0 Å². The molecule has 0 aromatic heterocycles. The quantitative estimate of drug-likeness (QED) is 0.533. The lowest BCUT2D eigenvalue weighted by atomic mass is 10.2. The van der Waals surface area contributed by atoms with E-state index in [1.54, 1.807) is 12.2 Å². The van der Waals surface area contributed by atoms with Gasteiger partial charge in [-0.15, -0.1) is 0 Å². The number of rotatable bonds is 3. The summed E-state index contributed by atoms with van der Waals surface area (Å²) in [6.07, 6.45) is 9.56. The van der Waals surface area contributed by atoms with Crippen LogP contribution in [0.5, 0.6) is 0 Å². The van der Waals surface area contributed by atoms with Gasteiger partial charge in [-0.1, -0.05) is 25.3 Å². The van der Waals surface area contributed by atoms with Gasteiger partial charge in [-0.05, 0) is 12.2 Å². The number of likely N-dealkylation sites (N-methyl/N-ethyl adjacent to an activating group) is 2. The van der Waals surface area contributed by atoms with Crippen LogP contribution < -0.4 is 0 Å². The molecule has 16 heavy (non-hydrogen) atoms. The molecule has 1 saturated heterocycles. The second-order valence-corrected chi connectivity index (χ2v) is 3.35. The van der Waals surface area contributed by atoms with Gasteiger partial charge >= 0.3 is 0 Å². The number of allylic oxidation sites excluding steroid dienone is 5. The summed E-state index contributed by atoms with van der Waals surface area (Å²) in [6, 6.07) is 0. The minimum absolute atomic E-state index is 0.782. The van der Waals surface area contributed by atoms with Gasteiger partial charge in [0.05, 0.1) is 11.4 Å². The molecule has 0 aromatic rings. The molecule has 0 spiro atoms. The first-order valence-corrected chi connectivity index (χ1v) is 4.96. The van der Waals surface area contributed by atoms with Crippen molar-refractivity contribution in [3.8, 4) is 0 Å². The Morgan fingerprint density at radius 2 is 1.38 bits per heavy atom. The van der Waals surface area contributed by atoms with Crippen LogP contribution in [0.3, 0.4) is 0 Å². The topological polar surface area (TPSA) is 23.6 Å². The maximum absolute atomic E-state index is 10.6. The van der Waals surface area contributed by atoms with E-state index in [4.69, 9.17) is 0 Å². The molecule has 0 radical (unpaired) electrons. The molecule has 0 bridgehead atoms. The minimum atomic E-state index is 0.782. The van der Waals surface area contributed by atoms with Crippen molar-refractivity contribution in [2.24, 2.45) is 0 Å². The van der Waals surface area contributed by atoms with Gasteiger partial charge in [0.15, 0.2) is 0 Å². The van der Waals surface area contributed by atoms with Gasteiger partial charge in [-0.2, -0.15) is 0 Å². The van der Waals surface area contributed by atoms with E-state index in [0.717, 1.165) is 23.5 Å². The maximum atomic E-state index is 10.6. The standard InChI is InChI=1S/C13H16N2O/c1-5-7-11-12(8-6-2)15(4)13(9-10-16)14(11)3/h5-10H,1-2H2,3-4H3/b11-7+,12-8+. The summed E-state index contributed by atoms with van der Waals surface area (Å²) in [6.45, 7) is 7.37. The van der Waals surface area contributed by atoms with E-state index < -0.39 is 0 Å². The molecule has 0 saturated carbocycles. The predicted octanol–water partition coefficient (Wildman–Crippen LogP) is 2.04. The largest absolute Gasteiger partial charge is 0.329 e. The summed E-state index contributed by atoms with van der Waals surface area (Å²) >= 11 is 0. The van der Waals surface area contributed by atoms with Crippen molar-refractivity contribution in [3.05, 3.63) is 60.8 Å². The third-order valence-corrected chi connectivity index (χ3v) is 2.44. The molecule has 1 heterocycles. The van der Waals surface area contributed by atoms with E-state index in [1.165, 1.54) is 6.08 Å². The van der Waals surface area contributed by atoms with Gasteiger partial charge in [-0.3, -0.25) is 4.79 Å². The van der Waals surface area contributed by atoms with Crippen molar-refractivity contribution in [2.75, 3.05) is 14.1 Å². The molecular formula is C13H16N2O. The van der Waals surface area contributed by atoms with Crippen LogP contribution in [0.4, 0.5) is 0 Å². The first kappa shape index (κ1) is 12.0. The molecule has 0 atom stereocenters. The number of hydrogen-bond donors (Lipinski definition) is 0.